The molecule has 6 heteroatoms. The first-order chi connectivity index (χ1) is 8.76. The molecule has 3 rings (SSSR count). The number of H-pyrrole nitrogens is 1. The Hall–Kier alpha value is -2.47. The van der Waals surface area contributed by atoms with Crippen LogP contribution in [0.15, 0.2) is 39.7 Å². The highest BCUT2D eigenvalue weighted by Gasteiger charge is 2.05. The summed E-state index contributed by atoms with van der Waals surface area (Å²) >= 11 is 0. The molecular formula is C12H10N4O2. The quantitative estimate of drug-likeness (QED) is 0.699. The molecule has 2 aromatic heterocycles. The highest BCUT2D eigenvalue weighted by atomic mass is 16.4. The molecule has 3 aromatic rings. The van der Waals surface area contributed by atoms with E-state index in [1.54, 1.807) is 24.4 Å². The van der Waals surface area contributed by atoms with Crippen LogP contribution < -0.4 is 11.5 Å². The number of aromatic amines is 1. The predicted octanol–water partition coefficient (Wildman–Crippen LogP) is 1.04. The molecule has 0 atom stereocenters. The summed E-state index contributed by atoms with van der Waals surface area (Å²) < 4.78 is 5.01. The van der Waals surface area contributed by atoms with Gasteiger partial charge in [0.05, 0.1) is 17.8 Å². The molecular weight excluding hydrogens is 232 g/mol. The fourth-order valence-electron chi connectivity index (χ4n) is 1.76. The van der Waals surface area contributed by atoms with E-state index in [2.05, 4.69) is 15.0 Å². The van der Waals surface area contributed by atoms with Crippen molar-refractivity contribution in [2.45, 2.75) is 6.54 Å². The fraction of sp³-hybridized carbons (Fsp3) is 0.0833. The Morgan fingerprint density at radius 3 is 3.06 bits per heavy atom. The van der Waals surface area contributed by atoms with Gasteiger partial charge in [-0.25, -0.2) is 14.8 Å². The zero-order valence-electron chi connectivity index (χ0n) is 9.38. The molecule has 0 spiro atoms. The summed E-state index contributed by atoms with van der Waals surface area (Å²) in [7, 11) is 0. The normalized spacial score (nSPS) is 10.9. The molecule has 0 aliphatic heterocycles. The number of rotatable bonds is 2. The van der Waals surface area contributed by atoms with Crippen molar-refractivity contribution < 1.29 is 4.42 Å². The second-order valence-electron chi connectivity index (χ2n) is 3.79. The van der Waals surface area contributed by atoms with Crippen LogP contribution in [0, 0.1) is 0 Å². The number of nitrogens with one attached hydrogen (secondary N) is 1. The lowest BCUT2D eigenvalue weighted by Gasteiger charge is -2.01. The van der Waals surface area contributed by atoms with Crippen molar-refractivity contribution in [3.63, 3.8) is 0 Å². The van der Waals surface area contributed by atoms with Crippen LogP contribution in [-0.4, -0.2) is 15.0 Å². The lowest BCUT2D eigenvalue weighted by atomic mass is 10.1. The molecule has 0 aliphatic rings. The fourth-order valence-corrected chi connectivity index (χ4v) is 1.76. The maximum absolute atomic E-state index is 11.1. The summed E-state index contributed by atoms with van der Waals surface area (Å²) in [5, 5.41) is 0. The molecule has 90 valence electrons. The van der Waals surface area contributed by atoms with Gasteiger partial charge in [0, 0.05) is 11.8 Å². The zero-order valence-corrected chi connectivity index (χ0v) is 9.38. The van der Waals surface area contributed by atoms with Gasteiger partial charge >= 0.3 is 5.76 Å². The molecule has 18 heavy (non-hydrogen) atoms. The third-order valence-corrected chi connectivity index (χ3v) is 2.60. The maximum Gasteiger partial charge on any atom is 0.417 e. The van der Waals surface area contributed by atoms with Gasteiger partial charge in [-0.05, 0) is 18.2 Å². The van der Waals surface area contributed by atoms with Gasteiger partial charge in [-0.2, -0.15) is 0 Å². The van der Waals surface area contributed by atoms with Gasteiger partial charge in [0.2, 0.25) is 0 Å². The number of oxazole rings is 1. The first kappa shape index (κ1) is 10.7. The summed E-state index contributed by atoms with van der Waals surface area (Å²) in [5.74, 6) is 0.107. The highest BCUT2D eigenvalue weighted by molar-refractivity contribution is 5.78. The van der Waals surface area contributed by atoms with E-state index in [0.717, 1.165) is 11.3 Å². The standard InChI is InChI=1S/C12H10N4O2/c13-6-11-14-4-3-8(15-11)7-1-2-9-10(5-7)18-12(17)16-9/h1-5H,6,13H2,(H,16,17). The molecule has 2 heterocycles. The topological polar surface area (TPSA) is 97.8 Å². The Labute approximate surface area is 101 Å². The first-order valence-electron chi connectivity index (χ1n) is 5.41. The molecule has 0 saturated heterocycles. The minimum absolute atomic E-state index is 0.287. The zero-order chi connectivity index (χ0) is 12.5. The Morgan fingerprint density at radius 1 is 1.33 bits per heavy atom. The van der Waals surface area contributed by atoms with Crippen molar-refractivity contribution >= 4 is 11.1 Å². The number of nitrogens with two attached hydrogens (primary N) is 1. The second kappa shape index (κ2) is 4.08. The SMILES string of the molecule is NCc1nccc(-c2ccc3[nH]c(=O)oc3c2)n1. The molecule has 6 nitrogen and oxygen atoms in total. The van der Waals surface area contributed by atoms with Gasteiger partial charge in [-0.3, -0.25) is 4.98 Å². The van der Waals surface area contributed by atoms with E-state index in [1.165, 1.54) is 0 Å². The molecule has 0 bridgehead atoms. The van der Waals surface area contributed by atoms with E-state index in [0.29, 0.717) is 16.9 Å². The van der Waals surface area contributed by atoms with Crippen molar-refractivity contribution in [3.05, 3.63) is 46.8 Å². The largest absolute Gasteiger partial charge is 0.417 e. The highest BCUT2D eigenvalue weighted by Crippen LogP contribution is 2.21. The summed E-state index contributed by atoms with van der Waals surface area (Å²) in [6, 6.07) is 7.18. The Morgan fingerprint density at radius 2 is 2.22 bits per heavy atom. The molecule has 0 radical (unpaired) electrons. The summed E-state index contributed by atoms with van der Waals surface area (Å²) in [6.07, 6.45) is 1.65. The van der Waals surface area contributed by atoms with Gasteiger partial charge in [0.1, 0.15) is 5.82 Å². The predicted molar refractivity (Wildman–Crippen MR) is 65.8 cm³/mol. The summed E-state index contributed by atoms with van der Waals surface area (Å²) in [4.78, 5) is 22.0. The van der Waals surface area contributed by atoms with E-state index in [4.69, 9.17) is 10.2 Å². The van der Waals surface area contributed by atoms with Gasteiger partial charge < -0.3 is 10.2 Å². The third kappa shape index (κ3) is 1.78. The lowest BCUT2D eigenvalue weighted by Crippen LogP contribution is -2.02. The van der Waals surface area contributed by atoms with E-state index < -0.39 is 5.76 Å². The van der Waals surface area contributed by atoms with Crippen LogP contribution >= 0.6 is 0 Å². The average molecular weight is 242 g/mol. The Bertz CT molecular complexity index is 760. The van der Waals surface area contributed by atoms with Crippen LogP contribution in [0.4, 0.5) is 0 Å². The van der Waals surface area contributed by atoms with Crippen LogP contribution in [0.1, 0.15) is 5.82 Å². The van der Waals surface area contributed by atoms with Crippen molar-refractivity contribution in [3.8, 4) is 11.3 Å². The van der Waals surface area contributed by atoms with Crippen LogP contribution in [0.5, 0.6) is 0 Å². The van der Waals surface area contributed by atoms with E-state index >= 15 is 0 Å². The molecule has 1 aromatic carbocycles. The van der Waals surface area contributed by atoms with E-state index in [-0.39, 0.29) is 6.54 Å². The average Bonchev–Trinajstić information content (AvgIpc) is 2.77. The third-order valence-electron chi connectivity index (χ3n) is 2.60. The number of hydrogen-bond donors (Lipinski definition) is 2. The molecule has 0 aliphatic carbocycles. The van der Waals surface area contributed by atoms with Crippen molar-refractivity contribution in [1.29, 1.82) is 0 Å². The van der Waals surface area contributed by atoms with Gasteiger partial charge in [0.25, 0.3) is 0 Å². The van der Waals surface area contributed by atoms with E-state index in [1.807, 2.05) is 6.07 Å². The van der Waals surface area contributed by atoms with Crippen LogP contribution in [-0.2, 0) is 6.54 Å². The summed E-state index contributed by atoms with van der Waals surface area (Å²) in [6.45, 7) is 0.287. The molecule has 0 fully saturated rings. The Kier molecular flexibility index (Phi) is 2.42. The maximum atomic E-state index is 11.1. The number of aromatic nitrogens is 3. The van der Waals surface area contributed by atoms with E-state index in [9.17, 15) is 4.79 Å². The number of nitrogens with zero attached hydrogens (tertiary/aromatic N) is 2. The minimum Gasteiger partial charge on any atom is -0.408 e. The molecule has 3 N–H and O–H groups in total. The van der Waals surface area contributed by atoms with Crippen molar-refractivity contribution in [1.82, 2.24) is 15.0 Å². The number of fused-ring (bicyclic) bond motifs is 1. The van der Waals surface area contributed by atoms with Crippen molar-refractivity contribution in [2.75, 3.05) is 0 Å². The molecule has 0 amide bonds. The number of benzene rings is 1. The van der Waals surface area contributed by atoms with Gasteiger partial charge in [-0.1, -0.05) is 6.07 Å². The van der Waals surface area contributed by atoms with Crippen LogP contribution in [0.2, 0.25) is 0 Å². The summed E-state index contributed by atoms with van der Waals surface area (Å²) in [5.41, 5.74) is 8.27. The van der Waals surface area contributed by atoms with Crippen LogP contribution in [0.3, 0.4) is 0 Å². The smallest absolute Gasteiger partial charge is 0.408 e. The van der Waals surface area contributed by atoms with Gasteiger partial charge in [0.15, 0.2) is 5.58 Å². The van der Waals surface area contributed by atoms with Gasteiger partial charge in [-0.15, -0.1) is 0 Å². The van der Waals surface area contributed by atoms with Crippen LogP contribution in [0.25, 0.3) is 22.4 Å². The monoisotopic (exact) mass is 242 g/mol. The lowest BCUT2D eigenvalue weighted by molar-refractivity contribution is 0.555. The first-order valence-corrected chi connectivity index (χ1v) is 5.41. The van der Waals surface area contributed by atoms with Crippen molar-refractivity contribution in [2.24, 2.45) is 5.73 Å². The minimum atomic E-state index is -0.465. The second-order valence-corrected chi connectivity index (χ2v) is 3.79. The Balaban J connectivity index is 2.15. The number of hydrogen-bond acceptors (Lipinski definition) is 5. The molecule has 0 saturated carbocycles. The molecule has 0 unspecified atom stereocenters.